The predicted molar refractivity (Wildman–Crippen MR) is 68.1 cm³/mol. The molecule has 0 bridgehead atoms. The Kier molecular flexibility index (Phi) is 3.67. The Morgan fingerprint density at radius 2 is 2.11 bits per heavy atom. The lowest BCUT2D eigenvalue weighted by molar-refractivity contribution is -0.133. The summed E-state index contributed by atoms with van der Waals surface area (Å²) in [5.74, 6) is 0.00944. The Morgan fingerprint density at radius 1 is 1.39 bits per heavy atom. The van der Waals surface area contributed by atoms with Crippen LogP contribution in [0.1, 0.15) is 33.6 Å². The second-order valence-electron chi connectivity index (χ2n) is 6.31. The molecule has 3 atom stereocenters. The van der Waals surface area contributed by atoms with Gasteiger partial charge in [0.1, 0.15) is 0 Å². The SMILES string of the molecule is CC1(C)CC(NC(=O)C2(C)COCC2N)CCO1. The van der Waals surface area contributed by atoms with Gasteiger partial charge in [0, 0.05) is 18.7 Å². The topological polar surface area (TPSA) is 73.6 Å². The maximum atomic E-state index is 12.3. The van der Waals surface area contributed by atoms with Crippen LogP contribution >= 0.6 is 0 Å². The molecule has 0 aromatic heterocycles. The van der Waals surface area contributed by atoms with Gasteiger partial charge in [-0.25, -0.2) is 0 Å². The summed E-state index contributed by atoms with van der Waals surface area (Å²) in [5.41, 5.74) is 5.21. The molecular weight excluding hydrogens is 232 g/mol. The molecule has 1 amide bonds. The summed E-state index contributed by atoms with van der Waals surface area (Å²) in [6.07, 6.45) is 1.70. The maximum Gasteiger partial charge on any atom is 0.230 e. The van der Waals surface area contributed by atoms with Gasteiger partial charge in [-0.15, -0.1) is 0 Å². The van der Waals surface area contributed by atoms with Crippen molar-refractivity contribution in [1.29, 1.82) is 0 Å². The first-order valence-corrected chi connectivity index (χ1v) is 6.62. The molecule has 2 heterocycles. The van der Waals surface area contributed by atoms with Crippen LogP contribution in [0.25, 0.3) is 0 Å². The van der Waals surface area contributed by atoms with Crippen molar-refractivity contribution in [1.82, 2.24) is 5.32 Å². The third kappa shape index (κ3) is 2.68. The number of carbonyl (C=O) groups is 1. The van der Waals surface area contributed by atoms with E-state index in [4.69, 9.17) is 15.2 Å². The molecule has 2 saturated heterocycles. The fraction of sp³-hybridized carbons (Fsp3) is 0.923. The number of amides is 1. The van der Waals surface area contributed by atoms with E-state index >= 15 is 0 Å². The molecular formula is C13H24N2O3. The van der Waals surface area contributed by atoms with E-state index in [9.17, 15) is 4.79 Å². The van der Waals surface area contributed by atoms with Gasteiger partial charge in [-0.3, -0.25) is 4.79 Å². The Labute approximate surface area is 108 Å². The number of hydrogen-bond acceptors (Lipinski definition) is 4. The van der Waals surface area contributed by atoms with Crippen molar-refractivity contribution < 1.29 is 14.3 Å². The smallest absolute Gasteiger partial charge is 0.230 e. The zero-order valence-electron chi connectivity index (χ0n) is 11.5. The fourth-order valence-corrected chi connectivity index (χ4v) is 2.63. The zero-order chi connectivity index (χ0) is 13.4. The first-order chi connectivity index (χ1) is 8.33. The molecule has 3 N–H and O–H groups in total. The third-order valence-corrected chi connectivity index (χ3v) is 4.07. The third-order valence-electron chi connectivity index (χ3n) is 4.07. The average Bonchev–Trinajstić information content (AvgIpc) is 2.59. The van der Waals surface area contributed by atoms with Crippen molar-refractivity contribution in [2.75, 3.05) is 19.8 Å². The van der Waals surface area contributed by atoms with E-state index in [0.717, 1.165) is 12.8 Å². The van der Waals surface area contributed by atoms with Gasteiger partial charge in [0.05, 0.1) is 24.2 Å². The van der Waals surface area contributed by atoms with Gasteiger partial charge < -0.3 is 20.5 Å². The molecule has 5 heteroatoms. The van der Waals surface area contributed by atoms with Crippen LogP contribution in [0.2, 0.25) is 0 Å². The van der Waals surface area contributed by atoms with Crippen LogP contribution in [-0.4, -0.2) is 43.4 Å². The molecule has 0 aromatic rings. The van der Waals surface area contributed by atoms with Crippen molar-refractivity contribution in [3.8, 4) is 0 Å². The first kappa shape index (κ1) is 13.8. The average molecular weight is 256 g/mol. The van der Waals surface area contributed by atoms with Crippen LogP contribution in [0.3, 0.4) is 0 Å². The van der Waals surface area contributed by atoms with Crippen molar-refractivity contribution in [3.63, 3.8) is 0 Å². The Hall–Kier alpha value is -0.650. The summed E-state index contributed by atoms with van der Waals surface area (Å²) >= 11 is 0. The highest BCUT2D eigenvalue weighted by Crippen LogP contribution is 2.29. The number of carbonyl (C=O) groups excluding carboxylic acids is 1. The van der Waals surface area contributed by atoms with Crippen LogP contribution in [0.5, 0.6) is 0 Å². The standard InChI is InChI=1S/C13H24N2O3/c1-12(2)6-9(4-5-18-12)15-11(16)13(3)8-17-7-10(13)14/h9-10H,4-8,14H2,1-3H3,(H,15,16). The molecule has 5 nitrogen and oxygen atoms in total. The monoisotopic (exact) mass is 256 g/mol. The number of ether oxygens (including phenoxy) is 2. The Bertz CT molecular complexity index is 332. The van der Waals surface area contributed by atoms with Crippen LogP contribution in [0.4, 0.5) is 0 Å². The lowest BCUT2D eigenvalue weighted by atomic mass is 9.84. The molecule has 0 radical (unpaired) electrons. The molecule has 2 rings (SSSR count). The molecule has 2 aliphatic rings. The van der Waals surface area contributed by atoms with Crippen molar-refractivity contribution in [2.45, 2.75) is 51.3 Å². The summed E-state index contributed by atoms with van der Waals surface area (Å²) in [6.45, 7) is 7.55. The highest BCUT2D eigenvalue weighted by molar-refractivity contribution is 5.83. The van der Waals surface area contributed by atoms with Gasteiger partial charge in [0.15, 0.2) is 0 Å². The van der Waals surface area contributed by atoms with E-state index in [2.05, 4.69) is 19.2 Å². The van der Waals surface area contributed by atoms with Gasteiger partial charge in [-0.1, -0.05) is 0 Å². The second-order valence-corrected chi connectivity index (χ2v) is 6.31. The second kappa shape index (κ2) is 4.79. The van der Waals surface area contributed by atoms with E-state index < -0.39 is 5.41 Å². The largest absolute Gasteiger partial charge is 0.379 e. The van der Waals surface area contributed by atoms with Gasteiger partial charge in [0.2, 0.25) is 5.91 Å². The molecule has 3 unspecified atom stereocenters. The fourth-order valence-electron chi connectivity index (χ4n) is 2.63. The first-order valence-electron chi connectivity index (χ1n) is 6.62. The minimum Gasteiger partial charge on any atom is -0.379 e. The minimum absolute atomic E-state index is 0.00944. The molecule has 0 spiro atoms. The minimum atomic E-state index is -0.595. The summed E-state index contributed by atoms with van der Waals surface area (Å²) in [5, 5.41) is 3.11. The van der Waals surface area contributed by atoms with Gasteiger partial charge in [0.25, 0.3) is 0 Å². The molecule has 104 valence electrons. The zero-order valence-corrected chi connectivity index (χ0v) is 11.5. The highest BCUT2D eigenvalue weighted by Gasteiger charge is 2.45. The molecule has 2 fully saturated rings. The molecule has 0 aromatic carbocycles. The number of nitrogens with two attached hydrogens (primary N) is 1. The Morgan fingerprint density at radius 3 is 2.67 bits per heavy atom. The van der Waals surface area contributed by atoms with E-state index in [1.165, 1.54) is 0 Å². The van der Waals surface area contributed by atoms with Gasteiger partial charge >= 0.3 is 0 Å². The maximum absolute atomic E-state index is 12.3. The lowest BCUT2D eigenvalue weighted by Crippen LogP contribution is -2.54. The van der Waals surface area contributed by atoms with Crippen LogP contribution in [-0.2, 0) is 14.3 Å². The number of hydrogen-bond donors (Lipinski definition) is 2. The number of nitrogens with one attached hydrogen (secondary N) is 1. The molecule has 18 heavy (non-hydrogen) atoms. The van der Waals surface area contributed by atoms with Gasteiger partial charge in [-0.05, 0) is 33.6 Å². The van der Waals surface area contributed by atoms with Gasteiger partial charge in [-0.2, -0.15) is 0 Å². The summed E-state index contributed by atoms with van der Waals surface area (Å²) in [4.78, 5) is 12.3. The van der Waals surface area contributed by atoms with E-state index in [1.807, 2.05) is 6.92 Å². The lowest BCUT2D eigenvalue weighted by Gasteiger charge is -2.37. The van der Waals surface area contributed by atoms with Crippen LogP contribution < -0.4 is 11.1 Å². The van der Waals surface area contributed by atoms with Crippen LogP contribution in [0.15, 0.2) is 0 Å². The van der Waals surface area contributed by atoms with Crippen molar-refractivity contribution >= 4 is 5.91 Å². The summed E-state index contributed by atoms with van der Waals surface area (Å²) in [6, 6.07) is -0.0452. The quantitative estimate of drug-likeness (QED) is 0.751. The highest BCUT2D eigenvalue weighted by atomic mass is 16.5. The van der Waals surface area contributed by atoms with Crippen molar-refractivity contribution in [3.05, 3.63) is 0 Å². The normalized spacial score (nSPS) is 39.6. The molecule has 0 aliphatic carbocycles. The molecule has 0 saturated carbocycles. The number of rotatable bonds is 2. The van der Waals surface area contributed by atoms with Crippen molar-refractivity contribution in [2.24, 2.45) is 11.1 Å². The van der Waals surface area contributed by atoms with Crippen LogP contribution in [0, 0.1) is 5.41 Å². The van der Waals surface area contributed by atoms with E-state index in [1.54, 1.807) is 0 Å². The van der Waals surface area contributed by atoms with E-state index in [-0.39, 0.29) is 23.6 Å². The summed E-state index contributed by atoms with van der Waals surface area (Å²) < 4.78 is 11.0. The summed E-state index contributed by atoms with van der Waals surface area (Å²) in [7, 11) is 0. The predicted octanol–water partition coefficient (Wildman–Crippen LogP) is 0.424. The van der Waals surface area contributed by atoms with E-state index in [0.29, 0.717) is 19.8 Å². The molecule has 2 aliphatic heterocycles. The Balaban J connectivity index is 1.95.